The smallest absolute Gasteiger partial charge is 0.150 e. The van der Waals surface area contributed by atoms with Gasteiger partial charge in [0.05, 0.1) is 0 Å². The van der Waals surface area contributed by atoms with E-state index in [1.165, 1.54) is 6.07 Å². The maximum atomic E-state index is 11.5. The number of fused-ring (bicyclic) bond motifs is 1. The van der Waals surface area contributed by atoms with Gasteiger partial charge in [-0.15, -0.1) is 0 Å². The monoisotopic (exact) mass is 330 g/mol. The molecule has 0 saturated carbocycles. The van der Waals surface area contributed by atoms with E-state index in [2.05, 4.69) is 12.1 Å². The van der Waals surface area contributed by atoms with Crippen molar-refractivity contribution in [2.24, 2.45) is 0 Å². The van der Waals surface area contributed by atoms with Crippen LogP contribution in [0.25, 0.3) is 0 Å². The van der Waals surface area contributed by atoms with E-state index in [9.17, 15) is 15.0 Å². The van der Waals surface area contributed by atoms with E-state index in [0.717, 1.165) is 35.0 Å². The fourth-order valence-electron chi connectivity index (χ4n) is 3.98. The van der Waals surface area contributed by atoms with E-state index in [4.69, 9.17) is 0 Å². The Morgan fingerprint density at radius 3 is 2.24 bits per heavy atom. The van der Waals surface area contributed by atoms with E-state index < -0.39 is 0 Å². The van der Waals surface area contributed by atoms with Gasteiger partial charge in [-0.2, -0.15) is 0 Å². The number of benzene rings is 3. The summed E-state index contributed by atoms with van der Waals surface area (Å²) in [5, 5.41) is 19.7. The molecule has 0 spiro atoms. The van der Waals surface area contributed by atoms with Crippen LogP contribution in [0.2, 0.25) is 0 Å². The van der Waals surface area contributed by atoms with Crippen LogP contribution < -0.4 is 0 Å². The Bertz CT molecular complexity index is 914. The predicted octanol–water partition coefficient (Wildman–Crippen LogP) is 4.38. The normalized spacial score (nSPS) is 18.7. The maximum absolute atomic E-state index is 11.5. The second kappa shape index (κ2) is 6.10. The summed E-state index contributed by atoms with van der Waals surface area (Å²) >= 11 is 0. The van der Waals surface area contributed by atoms with Crippen LogP contribution >= 0.6 is 0 Å². The van der Waals surface area contributed by atoms with Crippen LogP contribution in [0.3, 0.4) is 0 Å². The van der Waals surface area contributed by atoms with Gasteiger partial charge in [-0.3, -0.25) is 4.79 Å². The molecule has 0 radical (unpaired) electrons. The fraction of sp³-hybridized carbons (Fsp3) is 0.136. The molecule has 3 heteroatoms. The van der Waals surface area contributed by atoms with Crippen LogP contribution in [0.4, 0.5) is 0 Å². The molecule has 2 N–H and O–H groups in total. The highest BCUT2D eigenvalue weighted by Gasteiger charge is 2.36. The van der Waals surface area contributed by atoms with Gasteiger partial charge >= 0.3 is 0 Å². The van der Waals surface area contributed by atoms with Crippen LogP contribution in [0, 0.1) is 0 Å². The molecule has 0 bridgehead atoms. The molecule has 0 aromatic heterocycles. The topological polar surface area (TPSA) is 57.5 Å². The molecule has 3 aromatic carbocycles. The van der Waals surface area contributed by atoms with Gasteiger partial charge in [-0.05, 0) is 58.9 Å². The largest absolute Gasteiger partial charge is 0.508 e. The molecule has 3 aromatic rings. The number of carbonyl (C=O) groups is 1. The Morgan fingerprint density at radius 2 is 1.56 bits per heavy atom. The highest BCUT2D eigenvalue weighted by atomic mass is 16.3. The fourth-order valence-corrected chi connectivity index (χ4v) is 3.98. The van der Waals surface area contributed by atoms with Crippen molar-refractivity contribution >= 4 is 6.29 Å². The second-order valence-corrected chi connectivity index (χ2v) is 6.51. The highest BCUT2D eigenvalue weighted by Crippen LogP contribution is 2.49. The van der Waals surface area contributed by atoms with E-state index in [1.54, 1.807) is 18.2 Å². The SMILES string of the molecule is O=Cc1cc(O)cc2c1CC(c1ccc(O)cc1)C2c1ccccc1. The lowest BCUT2D eigenvalue weighted by atomic mass is 9.82. The Balaban J connectivity index is 1.90. The number of phenols is 2. The van der Waals surface area contributed by atoms with Gasteiger partial charge in [0.15, 0.2) is 0 Å². The zero-order valence-corrected chi connectivity index (χ0v) is 13.6. The average molecular weight is 330 g/mol. The van der Waals surface area contributed by atoms with Gasteiger partial charge in [-0.25, -0.2) is 0 Å². The first-order valence-corrected chi connectivity index (χ1v) is 8.32. The first-order valence-electron chi connectivity index (χ1n) is 8.32. The van der Waals surface area contributed by atoms with Crippen molar-refractivity contribution in [3.8, 4) is 11.5 Å². The lowest BCUT2D eigenvalue weighted by Gasteiger charge is -2.22. The molecule has 2 unspecified atom stereocenters. The van der Waals surface area contributed by atoms with Crippen molar-refractivity contribution in [1.29, 1.82) is 0 Å². The molecule has 1 aliphatic rings. The lowest BCUT2D eigenvalue weighted by molar-refractivity contribution is 0.112. The molecule has 0 saturated heterocycles. The molecule has 0 fully saturated rings. The van der Waals surface area contributed by atoms with Crippen LogP contribution in [0.1, 0.15) is 44.4 Å². The molecule has 0 heterocycles. The Kier molecular flexibility index (Phi) is 3.77. The van der Waals surface area contributed by atoms with Gasteiger partial charge < -0.3 is 10.2 Å². The summed E-state index contributed by atoms with van der Waals surface area (Å²) in [6.45, 7) is 0. The zero-order chi connectivity index (χ0) is 17.4. The Morgan fingerprint density at radius 1 is 0.840 bits per heavy atom. The summed E-state index contributed by atoms with van der Waals surface area (Å²) < 4.78 is 0. The number of aldehydes is 1. The highest BCUT2D eigenvalue weighted by molar-refractivity contribution is 5.80. The van der Waals surface area contributed by atoms with Crippen molar-refractivity contribution in [1.82, 2.24) is 0 Å². The van der Waals surface area contributed by atoms with Gasteiger partial charge in [0.1, 0.15) is 17.8 Å². The second-order valence-electron chi connectivity index (χ2n) is 6.51. The van der Waals surface area contributed by atoms with Gasteiger partial charge in [0.2, 0.25) is 0 Å². The third-order valence-electron chi connectivity index (χ3n) is 5.07. The van der Waals surface area contributed by atoms with E-state index in [-0.39, 0.29) is 23.3 Å². The lowest BCUT2D eigenvalue weighted by Crippen LogP contribution is -2.07. The summed E-state index contributed by atoms with van der Waals surface area (Å²) in [4.78, 5) is 11.5. The van der Waals surface area contributed by atoms with Crippen molar-refractivity contribution < 1.29 is 15.0 Å². The van der Waals surface area contributed by atoms with Crippen LogP contribution in [0.15, 0.2) is 66.7 Å². The zero-order valence-electron chi connectivity index (χ0n) is 13.6. The number of rotatable bonds is 3. The van der Waals surface area contributed by atoms with E-state index in [1.807, 2.05) is 30.3 Å². The third kappa shape index (κ3) is 2.68. The average Bonchev–Trinajstić information content (AvgIpc) is 3.01. The molecule has 4 rings (SSSR count). The summed E-state index contributed by atoms with van der Waals surface area (Å²) in [6.07, 6.45) is 1.55. The summed E-state index contributed by atoms with van der Waals surface area (Å²) in [5.74, 6) is 0.569. The van der Waals surface area contributed by atoms with Crippen molar-refractivity contribution in [2.75, 3.05) is 0 Å². The first kappa shape index (κ1) is 15.5. The summed E-state index contributed by atoms with van der Waals surface area (Å²) in [7, 11) is 0. The van der Waals surface area contributed by atoms with Crippen molar-refractivity contribution in [3.63, 3.8) is 0 Å². The molecular formula is C22H18O3. The number of hydrogen-bond acceptors (Lipinski definition) is 3. The molecule has 0 aliphatic heterocycles. The molecule has 2 atom stereocenters. The Hall–Kier alpha value is -3.07. The van der Waals surface area contributed by atoms with Crippen molar-refractivity contribution in [2.45, 2.75) is 18.3 Å². The third-order valence-corrected chi connectivity index (χ3v) is 5.07. The van der Waals surface area contributed by atoms with Crippen molar-refractivity contribution in [3.05, 3.63) is 94.5 Å². The molecule has 1 aliphatic carbocycles. The molecule has 3 nitrogen and oxygen atoms in total. The van der Waals surface area contributed by atoms with Gasteiger partial charge in [0.25, 0.3) is 0 Å². The number of hydrogen-bond donors (Lipinski definition) is 2. The number of carbonyl (C=O) groups excluding carboxylic acids is 1. The molecular weight excluding hydrogens is 312 g/mol. The minimum Gasteiger partial charge on any atom is -0.508 e. The van der Waals surface area contributed by atoms with Crippen LogP contribution in [0.5, 0.6) is 11.5 Å². The van der Waals surface area contributed by atoms with Gasteiger partial charge in [-0.1, -0.05) is 42.5 Å². The molecule has 25 heavy (non-hydrogen) atoms. The number of aromatic hydroxyl groups is 2. The standard InChI is InChI=1S/C22H18O3/c23-13-16-10-18(25)11-21-19(16)12-20(14-6-8-17(24)9-7-14)22(21)15-4-2-1-3-5-15/h1-11,13,20,22,24-25H,12H2. The minimum absolute atomic E-state index is 0.0616. The van der Waals surface area contributed by atoms with Crippen LogP contribution in [-0.4, -0.2) is 16.5 Å². The first-order chi connectivity index (χ1) is 12.2. The van der Waals surface area contributed by atoms with Gasteiger partial charge in [0, 0.05) is 11.5 Å². The number of phenolic OH excluding ortho intramolecular Hbond substituents is 2. The Labute approximate surface area is 146 Å². The minimum atomic E-state index is 0.0616. The quantitative estimate of drug-likeness (QED) is 0.701. The van der Waals surface area contributed by atoms with E-state index >= 15 is 0 Å². The molecule has 124 valence electrons. The van der Waals surface area contributed by atoms with Crippen LogP contribution in [-0.2, 0) is 6.42 Å². The summed E-state index contributed by atoms with van der Waals surface area (Å²) in [6, 6.07) is 20.7. The summed E-state index contributed by atoms with van der Waals surface area (Å²) in [5.41, 5.74) is 4.82. The maximum Gasteiger partial charge on any atom is 0.150 e. The molecule has 0 amide bonds. The predicted molar refractivity (Wildman–Crippen MR) is 96.3 cm³/mol. The van der Waals surface area contributed by atoms with E-state index in [0.29, 0.717) is 5.56 Å².